The Morgan fingerprint density at radius 3 is 2.54 bits per heavy atom. The quantitative estimate of drug-likeness (QED) is 0.853. The Bertz CT molecular complexity index is 732. The molecule has 1 atom stereocenters. The highest BCUT2D eigenvalue weighted by atomic mass is 35.5. The van der Waals surface area contributed by atoms with Gasteiger partial charge in [-0.2, -0.15) is 0 Å². The van der Waals surface area contributed by atoms with Crippen LogP contribution in [0.5, 0.6) is 0 Å². The second kappa shape index (κ2) is 7.88. The van der Waals surface area contributed by atoms with E-state index in [-0.39, 0.29) is 30.1 Å². The van der Waals surface area contributed by atoms with Gasteiger partial charge < -0.3 is 15.1 Å². The summed E-state index contributed by atoms with van der Waals surface area (Å²) in [6.45, 7) is 5.89. The van der Waals surface area contributed by atoms with E-state index < -0.39 is 5.25 Å². The average molecular weight is 396 g/mol. The van der Waals surface area contributed by atoms with Crippen molar-refractivity contribution in [3.05, 3.63) is 23.2 Å². The van der Waals surface area contributed by atoms with E-state index in [0.29, 0.717) is 36.9 Å². The van der Waals surface area contributed by atoms with Crippen LogP contribution in [0.1, 0.15) is 20.3 Å². The summed E-state index contributed by atoms with van der Waals surface area (Å²) in [6.07, 6.45) is 0.149. The molecule has 6 nitrogen and oxygen atoms in total. The maximum Gasteiger partial charge on any atom is 0.238 e. The molecule has 1 N–H and O–H groups in total. The van der Waals surface area contributed by atoms with E-state index in [4.69, 9.17) is 11.6 Å². The number of amides is 3. The van der Waals surface area contributed by atoms with Crippen LogP contribution in [0.25, 0.3) is 0 Å². The first-order valence-electron chi connectivity index (χ1n) is 8.69. The molecule has 1 aromatic rings. The molecule has 2 heterocycles. The highest BCUT2D eigenvalue weighted by Crippen LogP contribution is 2.38. The first kappa shape index (κ1) is 19.0. The zero-order chi connectivity index (χ0) is 18.8. The maximum atomic E-state index is 12.6. The molecule has 0 aliphatic carbocycles. The Morgan fingerprint density at radius 2 is 1.88 bits per heavy atom. The van der Waals surface area contributed by atoms with Gasteiger partial charge in [-0.1, -0.05) is 25.4 Å². The number of piperazine rings is 1. The molecule has 26 heavy (non-hydrogen) atoms. The third kappa shape index (κ3) is 4.15. The average Bonchev–Trinajstić information content (AvgIpc) is 2.62. The number of thioether (sulfide) groups is 1. The second-order valence-electron chi connectivity index (χ2n) is 6.80. The zero-order valence-electron chi connectivity index (χ0n) is 14.8. The summed E-state index contributed by atoms with van der Waals surface area (Å²) in [5.74, 6) is -0.138. The number of rotatable bonds is 3. The number of nitrogens with one attached hydrogen (secondary N) is 1. The van der Waals surface area contributed by atoms with Crippen LogP contribution in [0.4, 0.5) is 5.69 Å². The van der Waals surface area contributed by atoms with E-state index in [1.165, 1.54) is 11.8 Å². The SMILES string of the molecule is CC(C)C(=O)N1CCN(C(=O)CC2Sc3ccc(Cl)cc3NC2=O)CC1. The Balaban J connectivity index is 1.56. The monoisotopic (exact) mass is 395 g/mol. The summed E-state index contributed by atoms with van der Waals surface area (Å²) < 4.78 is 0. The largest absolute Gasteiger partial charge is 0.339 e. The fourth-order valence-corrected chi connectivity index (χ4v) is 4.34. The number of carbonyl (C=O) groups excluding carboxylic acids is 3. The third-order valence-corrected chi connectivity index (χ3v) is 6.07. The van der Waals surface area contributed by atoms with Crippen LogP contribution in [-0.2, 0) is 14.4 Å². The van der Waals surface area contributed by atoms with E-state index in [9.17, 15) is 14.4 Å². The molecule has 0 saturated carbocycles. The van der Waals surface area contributed by atoms with E-state index in [1.54, 1.807) is 21.9 Å². The topological polar surface area (TPSA) is 69.7 Å². The molecule has 1 fully saturated rings. The minimum atomic E-state index is -0.452. The highest BCUT2D eigenvalue weighted by molar-refractivity contribution is 8.01. The lowest BCUT2D eigenvalue weighted by atomic mass is 10.1. The highest BCUT2D eigenvalue weighted by Gasteiger charge is 2.32. The lowest BCUT2D eigenvalue weighted by Crippen LogP contribution is -2.52. The van der Waals surface area contributed by atoms with Gasteiger partial charge >= 0.3 is 0 Å². The van der Waals surface area contributed by atoms with Crippen LogP contribution >= 0.6 is 23.4 Å². The molecule has 0 radical (unpaired) electrons. The molecule has 2 aliphatic rings. The molecule has 1 unspecified atom stereocenters. The molecule has 3 rings (SSSR count). The van der Waals surface area contributed by atoms with Crippen molar-refractivity contribution in [1.82, 2.24) is 9.80 Å². The van der Waals surface area contributed by atoms with E-state index in [1.807, 2.05) is 19.9 Å². The maximum absolute atomic E-state index is 12.6. The number of carbonyl (C=O) groups is 3. The van der Waals surface area contributed by atoms with E-state index in [2.05, 4.69) is 5.32 Å². The van der Waals surface area contributed by atoms with Gasteiger partial charge in [0.15, 0.2) is 0 Å². The van der Waals surface area contributed by atoms with Crippen LogP contribution in [0.3, 0.4) is 0 Å². The van der Waals surface area contributed by atoms with Crippen molar-refractivity contribution in [2.75, 3.05) is 31.5 Å². The van der Waals surface area contributed by atoms with Gasteiger partial charge in [-0.15, -0.1) is 11.8 Å². The number of hydrogen-bond donors (Lipinski definition) is 1. The van der Waals surface area contributed by atoms with Crippen LogP contribution in [0, 0.1) is 5.92 Å². The van der Waals surface area contributed by atoms with Gasteiger partial charge in [0.2, 0.25) is 17.7 Å². The molecular formula is C18H22ClN3O3S. The Hall–Kier alpha value is -1.73. The first-order valence-corrected chi connectivity index (χ1v) is 9.94. The van der Waals surface area contributed by atoms with Crippen LogP contribution in [-0.4, -0.2) is 59.0 Å². The molecule has 2 aliphatic heterocycles. The van der Waals surface area contributed by atoms with Gasteiger partial charge in [0.05, 0.1) is 10.9 Å². The van der Waals surface area contributed by atoms with Crippen molar-refractivity contribution in [2.45, 2.75) is 30.4 Å². The summed E-state index contributed by atoms with van der Waals surface area (Å²) in [7, 11) is 0. The summed E-state index contributed by atoms with van der Waals surface area (Å²) >= 11 is 7.34. The normalized spacial score (nSPS) is 20.0. The number of fused-ring (bicyclic) bond motifs is 1. The number of hydrogen-bond acceptors (Lipinski definition) is 4. The summed E-state index contributed by atoms with van der Waals surface area (Å²) in [6, 6.07) is 5.34. The number of benzene rings is 1. The van der Waals surface area contributed by atoms with Crippen molar-refractivity contribution in [3.63, 3.8) is 0 Å². The van der Waals surface area contributed by atoms with Gasteiger partial charge in [-0.05, 0) is 18.2 Å². The molecule has 1 saturated heterocycles. The summed E-state index contributed by atoms with van der Waals surface area (Å²) in [5, 5.41) is 2.94. The van der Waals surface area contributed by atoms with Crippen LogP contribution in [0.15, 0.2) is 23.1 Å². The predicted molar refractivity (Wildman–Crippen MR) is 102 cm³/mol. The Labute approximate surface area is 162 Å². The van der Waals surface area contributed by atoms with Gasteiger partial charge in [0, 0.05) is 48.4 Å². The molecule has 0 bridgehead atoms. The third-order valence-electron chi connectivity index (χ3n) is 4.56. The summed E-state index contributed by atoms with van der Waals surface area (Å²) in [4.78, 5) is 41.4. The van der Waals surface area contributed by atoms with Gasteiger partial charge in [0.1, 0.15) is 0 Å². The molecule has 0 aromatic heterocycles. The summed E-state index contributed by atoms with van der Waals surface area (Å²) in [5.41, 5.74) is 0.692. The second-order valence-corrected chi connectivity index (χ2v) is 8.48. The van der Waals surface area contributed by atoms with Crippen molar-refractivity contribution in [1.29, 1.82) is 0 Å². The van der Waals surface area contributed by atoms with Crippen LogP contribution in [0.2, 0.25) is 5.02 Å². The Morgan fingerprint density at radius 1 is 1.23 bits per heavy atom. The standard InChI is InChI=1S/C18H22ClN3O3S/c1-11(2)18(25)22-7-5-21(6-8-22)16(23)10-15-17(24)20-13-9-12(19)3-4-14(13)26-15/h3-4,9,11,15H,5-8,10H2,1-2H3,(H,20,24). The zero-order valence-corrected chi connectivity index (χ0v) is 16.4. The minimum Gasteiger partial charge on any atom is -0.339 e. The smallest absolute Gasteiger partial charge is 0.238 e. The van der Waals surface area contributed by atoms with Gasteiger partial charge in [-0.3, -0.25) is 14.4 Å². The number of halogens is 1. The van der Waals surface area contributed by atoms with E-state index >= 15 is 0 Å². The van der Waals surface area contributed by atoms with E-state index in [0.717, 1.165) is 4.90 Å². The molecule has 8 heteroatoms. The minimum absolute atomic E-state index is 0.0341. The van der Waals surface area contributed by atoms with Crippen molar-refractivity contribution in [2.24, 2.45) is 5.92 Å². The Kier molecular flexibility index (Phi) is 5.77. The van der Waals surface area contributed by atoms with Crippen molar-refractivity contribution in [3.8, 4) is 0 Å². The number of nitrogens with zero attached hydrogens (tertiary/aromatic N) is 2. The fraction of sp³-hybridized carbons (Fsp3) is 0.500. The lowest BCUT2D eigenvalue weighted by Gasteiger charge is -2.36. The van der Waals surface area contributed by atoms with Gasteiger partial charge in [0.25, 0.3) is 0 Å². The molecule has 3 amide bonds. The fourth-order valence-electron chi connectivity index (χ4n) is 3.09. The van der Waals surface area contributed by atoms with Crippen LogP contribution < -0.4 is 5.32 Å². The predicted octanol–water partition coefficient (Wildman–Crippen LogP) is 2.47. The van der Waals surface area contributed by atoms with Gasteiger partial charge in [-0.25, -0.2) is 0 Å². The molecule has 140 valence electrons. The lowest BCUT2D eigenvalue weighted by molar-refractivity contribution is -0.141. The molecular weight excluding hydrogens is 374 g/mol. The first-order chi connectivity index (χ1) is 12.3. The van der Waals surface area contributed by atoms with Crippen molar-refractivity contribution >= 4 is 46.8 Å². The van der Waals surface area contributed by atoms with Crippen molar-refractivity contribution < 1.29 is 14.4 Å². The number of anilines is 1. The molecule has 1 aromatic carbocycles. The molecule has 0 spiro atoms.